The molecule has 5 heteroatoms. The number of nitrogens with one attached hydrogen (secondary N) is 1. The summed E-state index contributed by atoms with van der Waals surface area (Å²) in [6.45, 7) is 0.269. The molecule has 0 radical (unpaired) electrons. The van der Waals surface area contributed by atoms with Crippen molar-refractivity contribution in [2.24, 2.45) is 0 Å². The maximum Gasteiger partial charge on any atom is 0.255 e. The van der Waals surface area contributed by atoms with Crippen molar-refractivity contribution >= 4 is 16.8 Å². The highest BCUT2D eigenvalue weighted by Crippen LogP contribution is 2.23. The molecule has 0 spiro atoms. The maximum absolute atomic E-state index is 12.1. The highest BCUT2D eigenvalue weighted by atomic mass is 16.3. The maximum atomic E-state index is 12.1. The summed E-state index contributed by atoms with van der Waals surface area (Å²) in [7, 11) is 0. The Balaban J connectivity index is 1.85. The van der Waals surface area contributed by atoms with Crippen LogP contribution in [-0.2, 0) is 6.54 Å². The van der Waals surface area contributed by atoms with Crippen LogP contribution < -0.4 is 5.32 Å². The van der Waals surface area contributed by atoms with Crippen LogP contribution in [0.2, 0.25) is 0 Å². The number of furan rings is 1. The number of hydrogen-bond donors (Lipinski definition) is 2. The zero-order valence-corrected chi connectivity index (χ0v) is 10.5. The van der Waals surface area contributed by atoms with Gasteiger partial charge in [0.2, 0.25) is 0 Å². The minimum atomic E-state index is -0.369. The van der Waals surface area contributed by atoms with Crippen LogP contribution in [0.1, 0.15) is 16.1 Å². The fourth-order valence-corrected chi connectivity index (χ4v) is 1.97. The van der Waals surface area contributed by atoms with Crippen molar-refractivity contribution in [1.82, 2.24) is 10.3 Å². The molecule has 0 bridgehead atoms. The van der Waals surface area contributed by atoms with Crippen molar-refractivity contribution < 1.29 is 14.3 Å². The molecule has 3 aromatic rings. The van der Waals surface area contributed by atoms with E-state index in [9.17, 15) is 9.90 Å². The van der Waals surface area contributed by atoms with Crippen LogP contribution in [0.3, 0.4) is 0 Å². The molecule has 1 amide bonds. The summed E-state index contributed by atoms with van der Waals surface area (Å²) in [6.07, 6.45) is 3.18. The van der Waals surface area contributed by atoms with Crippen LogP contribution in [0.5, 0.6) is 5.75 Å². The molecular weight excluding hydrogens is 256 g/mol. The predicted octanol–water partition coefficient (Wildman–Crippen LogP) is 2.46. The van der Waals surface area contributed by atoms with Crippen LogP contribution in [0.4, 0.5) is 0 Å². The Bertz CT molecular complexity index is 751. The van der Waals surface area contributed by atoms with Crippen molar-refractivity contribution in [2.75, 3.05) is 0 Å². The zero-order valence-electron chi connectivity index (χ0n) is 10.5. The highest BCUT2D eigenvalue weighted by molar-refractivity contribution is 6.00. The second kappa shape index (κ2) is 5.05. The number of carbonyl (C=O) groups excluding carboxylic acids is 1. The van der Waals surface area contributed by atoms with Crippen LogP contribution in [-0.4, -0.2) is 16.0 Å². The molecule has 20 heavy (non-hydrogen) atoms. The van der Waals surface area contributed by atoms with E-state index in [0.717, 1.165) is 5.39 Å². The molecule has 0 atom stereocenters. The van der Waals surface area contributed by atoms with Gasteiger partial charge in [-0.3, -0.25) is 9.78 Å². The Labute approximate surface area is 114 Å². The molecule has 0 aliphatic carbocycles. The Morgan fingerprint density at radius 1 is 1.30 bits per heavy atom. The summed E-state index contributed by atoms with van der Waals surface area (Å²) >= 11 is 0. The lowest BCUT2D eigenvalue weighted by atomic mass is 10.1. The van der Waals surface area contributed by atoms with Gasteiger partial charge in [-0.15, -0.1) is 0 Å². The summed E-state index contributed by atoms with van der Waals surface area (Å²) in [5.74, 6) is 0.214. The molecule has 3 rings (SSSR count). The summed E-state index contributed by atoms with van der Waals surface area (Å²) in [5.41, 5.74) is 0.858. The number of nitrogens with zero attached hydrogens (tertiary/aromatic N) is 1. The lowest BCUT2D eigenvalue weighted by Gasteiger charge is -2.07. The minimum Gasteiger partial charge on any atom is -0.507 e. The van der Waals surface area contributed by atoms with E-state index in [4.69, 9.17) is 4.42 Å². The van der Waals surface area contributed by atoms with Crippen LogP contribution in [0, 0.1) is 0 Å². The lowest BCUT2D eigenvalue weighted by Crippen LogP contribution is -2.22. The second-order valence-electron chi connectivity index (χ2n) is 4.33. The summed E-state index contributed by atoms with van der Waals surface area (Å²) in [6, 6.07) is 10.2. The lowest BCUT2D eigenvalue weighted by molar-refractivity contribution is 0.0945. The first-order chi connectivity index (χ1) is 9.74. The summed E-state index contributed by atoms with van der Waals surface area (Å²) in [4.78, 5) is 16.2. The molecule has 0 aliphatic heterocycles. The van der Waals surface area contributed by atoms with Crippen LogP contribution >= 0.6 is 0 Å². The Morgan fingerprint density at radius 3 is 3.00 bits per heavy atom. The SMILES string of the molecule is O=C(NCc1ccco1)c1cc2ncccc2cc1O. The number of carbonyl (C=O) groups is 1. The molecule has 0 unspecified atom stereocenters. The first-order valence-corrected chi connectivity index (χ1v) is 6.12. The number of phenols is 1. The first kappa shape index (κ1) is 12.2. The Kier molecular flexibility index (Phi) is 3.09. The monoisotopic (exact) mass is 268 g/mol. The van der Waals surface area contributed by atoms with Gasteiger partial charge in [-0.2, -0.15) is 0 Å². The number of fused-ring (bicyclic) bond motifs is 1. The van der Waals surface area contributed by atoms with Crippen molar-refractivity contribution in [3.05, 3.63) is 60.2 Å². The van der Waals surface area contributed by atoms with E-state index >= 15 is 0 Å². The third kappa shape index (κ3) is 2.33. The number of hydrogen-bond acceptors (Lipinski definition) is 4. The molecule has 1 aromatic carbocycles. The largest absolute Gasteiger partial charge is 0.507 e. The molecule has 0 fully saturated rings. The van der Waals surface area contributed by atoms with Gasteiger partial charge < -0.3 is 14.8 Å². The Morgan fingerprint density at radius 2 is 2.20 bits per heavy atom. The average molecular weight is 268 g/mol. The fourth-order valence-electron chi connectivity index (χ4n) is 1.97. The van der Waals surface area contributed by atoms with E-state index in [1.54, 1.807) is 36.7 Å². The van der Waals surface area contributed by atoms with Crippen molar-refractivity contribution in [1.29, 1.82) is 0 Å². The minimum absolute atomic E-state index is 0.0672. The topological polar surface area (TPSA) is 75.4 Å². The standard InChI is InChI=1S/C15H12N2O3/c18-14-7-10-3-1-5-16-13(10)8-12(14)15(19)17-9-11-4-2-6-20-11/h1-8,18H,9H2,(H,17,19). The van der Waals surface area contributed by atoms with E-state index in [0.29, 0.717) is 11.3 Å². The average Bonchev–Trinajstić information content (AvgIpc) is 2.97. The summed E-state index contributed by atoms with van der Waals surface area (Å²) in [5, 5.41) is 13.4. The number of aromatic hydroxyl groups is 1. The first-order valence-electron chi connectivity index (χ1n) is 6.12. The van der Waals surface area contributed by atoms with Gasteiger partial charge in [0.25, 0.3) is 5.91 Å². The van der Waals surface area contributed by atoms with Gasteiger partial charge in [0.1, 0.15) is 11.5 Å². The number of pyridine rings is 1. The van der Waals surface area contributed by atoms with E-state index in [2.05, 4.69) is 10.3 Å². The molecule has 0 saturated carbocycles. The number of phenolic OH excluding ortho intramolecular Hbond substituents is 1. The van der Waals surface area contributed by atoms with Crippen molar-refractivity contribution in [3.63, 3.8) is 0 Å². The quantitative estimate of drug-likeness (QED) is 0.765. The molecule has 0 aliphatic rings. The van der Waals surface area contributed by atoms with Crippen LogP contribution in [0.25, 0.3) is 10.9 Å². The highest BCUT2D eigenvalue weighted by Gasteiger charge is 2.13. The second-order valence-corrected chi connectivity index (χ2v) is 4.33. The Hall–Kier alpha value is -2.82. The van der Waals surface area contributed by atoms with Gasteiger partial charge in [0.15, 0.2) is 0 Å². The van der Waals surface area contributed by atoms with E-state index in [1.165, 1.54) is 6.07 Å². The molecule has 2 aromatic heterocycles. The normalized spacial score (nSPS) is 10.6. The van der Waals surface area contributed by atoms with Gasteiger partial charge in [-0.1, -0.05) is 6.07 Å². The molecule has 2 N–H and O–H groups in total. The number of amides is 1. The van der Waals surface area contributed by atoms with Gasteiger partial charge >= 0.3 is 0 Å². The van der Waals surface area contributed by atoms with Gasteiger partial charge in [0.05, 0.1) is 23.9 Å². The number of benzene rings is 1. The van der Waals surface area contributed by atoms with Gasteiger partial charge in [-0.05, 0) is 30.3 Å². The molecule has 0 saturated heterocycles. The smallest absolute Gasteiger partial charge is 0.255 e. The van der Waals surface area contributed by atoms with Crippen LogP contribution in [0.15, 0.2) is 53.3 Å². The van der Waals surface area contributed by atoms with E-state index in [-0.39, 0.29) is 23.8 Å². The van der Waals surface area contributed by atoms with Gasteiger partial charge in [0, 0.05) is 11.6 Å². The van der Waals surface area contributed by atoms with E-state index in [1.807, 2.05) is 6.07 Å². The number of aromatic nitrogens is 1. The van der Waals surface area contributed by atoms with Gasteiger partial charge in [-0.25, -0.2) is 0 Å². The molecule has 2 heterocycles. The van der Waals surface area contributed by atoms with Crippen molar-refractivity contribution in [2.45, 2.75) is 6.54 Å². The molecular formula is C15H12N2O3. The predicted molar refractivity (Wildman–Crippen MR) is 73.3 cm³/mol. The van der Waals surface area contributed by atoms with Crippen molar-refractivity contribution in [3.8, 4) is 5.75 Å². The zero-order chi connectivity index (χ0) is 13.9. The third-order valence-electron chi connectivity index (χ3n) is 2.97. The molecule has 5 nitrogen and oxygen atoms in total. The molecule has 100 valence electrons. The number of rotatable bonds is 3. The third-order valence-corrected chi connectivity index (χ3v) is 2.97. The van der Waals surface area contributed by atoms with E-state index < -0.39 is 0 Å². The fraction of sp³-hybridized carbons (Fsp3) is 0.0667. The summed E-state index contributed by atoms with van der Waals surface area (Å²) < 4.78 is 5.13.